The lowest BCUT2D eigenvalue weighted by Gasteiger charge is -2.11. The van der Waals surface area contributed by atoms with E-state index in [0.717, 1.165) is 16.5 Å². The van der Waals surface area contributed by atoms with Crippen molar-refractivity contribution in [1.29, 1.82) is 0 Å². The summed E-state index contributed by atoms with van der Waals surface area (Å²) >= 11 is 0. The third-order valence-corrected chi connectivity index (χ3v) is 4.75. The molecule has 0 fully saturated rings. The van der Waals surface area contributed by atoms with Crippen LogP contribution in [-0.2, 0) is 13.1 Å². The van der Waals surface area contributed by atoms with Crippen molar-refractivity contribution in [2.24, 2.45) is 0 Å². The number of carbonyl (C=O) groups excluding carboxylic acids is 1. The van der Waals surface area contributed by atoms with Gasteiger partial charge in [0.25, 0.3) is 5.91 Å². The quantitative estimate of drug-likeness (QED) is 0.554. The Kier molecular flexibility index (Phi) is 4.85. The van der Waals surface area contributed by atoms with E-state index in [4.69, 9.17) is 9.15 Å². The Bertz CT molecular complexity index is 1110. The number of aromatic nitrogens is 2. The number of hydrogen-bond donors (Lipinski definition) is 1. The number of fused-ring (bicyclic) bond motifs is 1. The maximum Gasteiger partial charge on any atom is 0.255 e. The zero-order valence-electron chi connectivity index (χ0n) is 15.8. The molecule has 0 saturated carbocycles. The summed E-state index contributed by atoms with van der Waals surface area (Å²) in [5, 5.41) is 8.03. The van der Waals surface area contributed by atoms with Crippen LogP contribution in [-0.4, -0.2) is 22.8 Å². The molecule has 1 amide bonds. The van der Waals surface area contributed by atoms with Crippen LogP contribution in [0.15, 0.2) is 65.3 Å². The molecule has 0 aliphatic carbocycles. The van der Waals surface area contributed by atoms with Crippen LogP contribution in [0.25, 0.3) is 11.0 Å². The Labute approximate surface area is 162 Å². The van der Waals surface area contributed by atoms with Gasteiger partial charge in [-0.25, -0.2) is 0 Å². The van der Waals surface area contributed by atoms with Gasteiger partial charge in [0.1, 0.15) is 17.1 Å². The molecule has 0 spiro atoms. The molecule has 0 saturated heterocycles. The zero-order valence-corrected chi connectivity index (χ0v) is 15.8. The first-order chi connectivity index (χ1) is 13.7. The minimum atomic E-state index is -0.168. The van der Waals surface area contributed by atoms with Gasteiger partial charge in [-0.3, -0.25) is 9.48 Å². The number of carbonyl (C=O) groups is 1. The maximum atomic E-state index is 12.9. The van der Waals surface area contributed by atoms with Crippen LogP contribution < -0.4 is 10.1 Å². The highest BCUT2D eigenvalue weighted by Gasteiger charge is 2.19. The van der Waals surface area contributed by atoms with Crippen LogP contribution in [0.2, 0.25) is 0 Å². The number of benzene rings is 2. The smallest absolute Gasteiger partial charge is 0.255 e. The van der Waals surface area contributed by atoms with Crippen molar-refractivity contribution in [3.63, 3.8) is 0 Å². The van der Waals surface area contributed by atoms with Crippen LogP contribution in [0.5, 0.6) is 5.75 Å². The summed E-state index contributed by atoms with van der Waals surface area (Å²) in [4.78, 5) is 12.9. The fraction of sp³-hybridized carbons (Fsp3) is 0.182. The first kappa shape index (κ1) is 17.9. The number of aryl methyl sites for hydroxylation is 1. The molecule has 0 radical (unpaired) electrons. The fourth-order valence-corrected chi connectivity index (χ4v) is 3.32. The Morgan fingerprint density at radius 3 is 2.75 bits per heavy atom. The third-order valence-electron chi connectivity index (χ3n) is 4.75. The molecule has 0 bridgehead atoms. The molecule has 2 aromatic heterocycles. The lowest BCUT2D eigenvalue weighted by atomic mass is 10.1. The van der Waals surface area contributed by atoms with Crippen LogP contribution in [0.4, 0.5) is 0 Å². The number of nitrogens with zero attached hydrogens (tertiary/aromatic N) is 2. The zero-order chi connectivity index (χ0) is 19.5. The number of rotatable bonds is 6. The molecular formula is C22H21N3O3. The second-order valence-corrected chi connectivity index (χ2v) is 6.55. The number of amides is 1. The first-order valence-electron chi connectivity index (χ1n) is 9.05. The molecule has 6 nitrogen and oxygen atoms in total. The van der Waals surface area contributed by atoms with Crippen molar-refractivity contribution < 1.29 is 13.9 Å². The first-order valence-corrected chi connectivity index (χ1v) is 9.05. The second kappa shape index (κ2) is 7.60. The predicted molar refractivity (Wildman–Crippen MR) is 106 cm³/mol. The summed E-state index contributed by atoms with van der Waals surface area (Å²) in [6, 6.07) is 15.4. The summed E-state index contributed by atoms with van der Waals surface area (Å²) in [5.41, 5.74) is 3.37. The SMILES string of the molecule is COc1ccc2oc(C)c(C(=O)NCc3ccccc3Cn3cccn3)c2c1. The molecule has 4 aromatic rings. The van der Waals surface area contributed by atoms with E-state index in [0.29, 0.717) is 35.7 Å². The molecule has 142 valence electrons. The molecule has 28 heavy (non-hydrogen) atoms. The molecule has 2 heterocycles. The normalized spacial score (nSPS) is 10.9. The minimum Gasteiger partial charge on any atom is -0.497 e. The van der Waals surface area contributed by atoms with E-state index < -0.39 is 0 Å². The van der Waals surface area contributed by atoms with E-state index in [9.17, 15) is 4.79 Å². The van der Waals surface area contributed by atoms with Gasteiger partial charge in [-0.2, -0.15) is 5.10 Å². The van der Waals surface area contributed by atoms with Crippen molar-refractivity contribution in [2.75, 3.05) is 7.11 Å². The van der Waals surface area contributed by atoms with Crippen LogP contribution in [0.1, 0.15) is 27.2 Å². The van der Waals surface area contributed by atoms with Gasteiger partial charge >= 0.3 is 0 Å². The second-order valence-electron chi connectivity index (χ2n) is 6.55. The molecule has 2 aromatic carbocycles. The summed E-state index contributed by atoms with van der Waals surface area (Å²) < 4.78 is 12.9. The number of furan rings is 1. The van der Waals surface area contributed by atoms with Gasteiger partial charge < -0.3 is 14.5 Å². The lowest BCUT2D eigenvalue weighted by Crippen LogP contribution is -2.24. The van der Waals surface area contributed by atoms with Gasteiger partial charge in [-0.05, 0) is 42.3 Å². The lowest BCUT2D eigenvalue weighted by molar-refractivity contribution is 0.0950. The van der Waals surface area contributed by atoms with Crippen LogP contribution >= 0.6 is 0 Å². The number of hydrogen-bond acceptors (Lipinski definition) is 4. The summed E-state index contributed by atoms with van der Waals surface area (Å²) in [6.07, 6.45) is 3.68. The maximum absolute atomic E-state index is 12.9. The van der Waals surface area contributed by atoms with Crippen molar-refractivity contribution in [1.82, 2.24) is 15.1 Å². The molecule has 0 atom stereocenters. The van der Waals surface area contributed by atoms with Crippen molar-refractivity contribution in [3.05, 3.63) is 83.4 Å². The van der Waals surface area contributed by atoms with Crippen LogP contribution in [0, 0.1) is 6.92 Å². The average Bonchev–Trinajstić information content (AvgIpc) is 3.33. The number of methoxy groups -OCH3 is 1. The highest BCUT2D eigenvalue weighted by molar-refractivity contribution is 6.07. The van der Waals surface area contributed by atoms with E-state index >= 15 is 0 Å². The molecule has 6 heteroatoms. The van der Waals surface area contributed by atoms with Crippen LogP contribution in [0.3, 0.4) is 0 Å². The molecule has 0 aliphatic heterocycles. The van der Waals surface area contributed by atoms with Gasteiger partial charge in [-0.15, -0.1) is 0 Å². The number of nitrogens with one attached hydrogen (secondary N) is 1. The summed E-state index contributed by atoms with van der Waals surface area (Å²) in [5.74, 6) is 1.11. The Morgan fingerprint density at radius 2 is 2.00 bits per heavy atom. The van der Waals surface area contributed by atoms with Crippen molar-refractivity contribution >= 4 is 16.9 Å². The van der Waals surface area contributed by atoms with E-state index in [1.165, 1.54) is 0 Å². The molecule has 0 aliphatic rings. The molecular weight excluding hydrogens is 354 g/mol. The largest absolute Gasteiger partial charge is 0.497 e. The Morgan fingerprint density at radius 1 is 1.18 bits per heavy atom. The predicted octanol–water partition coefficient (Wildman–Crippen LogP) is 3.92. The topological polar surface area (TPSA) is 69.3 Å². The van der Waals surface area contributed by atoms with Gasteiger partial charge in [0, 0.05) is 24.3 Å². The van der Waals surface area contributed by atoms with E-state index in [-0.39, 0.29) is 5.91 Å². The fourth-order valence-electron chi connectivity index (χ4n) is 3.32. The van der Waals surface area contributed by atoms with E-state index in [1.54, 1.807) is 20.2 Å². The molecule has 1 N–H and O–H groups in total. The van der Waals surface area contributed by atoms with Gasteiger partial charge in [0.15, 0.2) is 0 Å². The summed E-state index contributed by atoms with van der Waals surface area (Å²) in [6.45, 7) is 2.88. The third kappa shape index (κ3) is 3.49. The van der Waals surface area contributed by atoms with E-state index in [2.05, 4.69) is 10.4 Å². The van der Waals surface area contributed by atoms with Gasteiger partial charge in [0.2, 0.25) is 0 Å². The Hall–Kier alpha value is -3.54. The number of ether oxygens (including phenoxy) is 1. The molecule has 4 rings (SSSR count). The highest BCUT2D eigenvalue weighted by Crippen LogP contribution is 2.29. The van der Waals surface area contributed by atoms with Gasteiger partial charge in [-0.1, -0.05) is 24.3 Å². The average molecular weight is 375 g/mol. The summed E-state index contributed by atoms with van der Waals surface area (Å²) in [7, 11) is 1.60. The van der Waals surface area contributed by atoms with Gasteiger partial charge in [0.05, 0.1) is 19.2 Å². The highest BCUT2D eigenvalue weighted by atomic mass is 16.5. The standard InChI is InChI=1S/C22H21N3O3/c1-15-21(19-12-18(27-2)8-9-20(19)28-15)22(26)23-13-16-6-3-4-7-17(16)14-25-11-5-10-24-25/h3-12H,13-14H2,1-2H3,(H,23,26). The minimum absolute atomic E-state index is 0.168. The van der Waals surface area contributed by atoms with E-state index in [1.807, 2.05) is 59.4 Å². The van der Waals surface area contributed by atoms with Crippen molar-refractivity contribution in [3.8, 4) is 5.75 Å². The monoisotopic (exact) mass is 375 g/mol. The molecule has 0 unspecified atom stereocenters. The Balaban J connectivity index is 1.56. The van der Waals surface area contributed by atoms with Crippen molar-refractivity contribution in [2.45, 2.75) is 20.0 Å².